The molecular weight excluding hydrogens is 394 g/mol. The van der Waals surface area contributed by atoms with Crippen molar-refractivity contribution in [1.29, 1.82) is 0 Å². The van der Waals surface area contributed by atoms with E-state index in [1.54, 1.807) is 0 Å². The van der Waals surface area contributed by atoms with E-state index in [4.69, 9.17) is 20.8 Å². The van der Waals surface area contributed by atoms with Crippen LogP contribution in [0.25, 0.3) is 11.0 Å². The molecule has 1 saturated heterocycles. The lowest BCUT2D eigenvalue weighted by atomic mass is 10.1. The van der Waals surface area contributed by atoms with Crippen molar-refractivity contribution in [3.05, 3.63) is 22.7 Å². The van der Waals surface area contributed by atoms with E-state index in [1.807, 2.05) is 17.7 Å². The third-order valence-corrected chi connectivity index (χ3v) is 10.9. The molecular formula is C20H32ClN3O3Si. The van der Waals surface area contributed by atoms with Gasteiger partial charge in [-0.15, -0.1) is 0 Å². The molecule has 0 aliphatic carbocycles. The van der Waals surface area contributed by atoms with Crippen molar-refractivity contribution in [1.82, 2.24) is 14.5 Å². The lowest BCUT2D eigenvalue weighted by molar-refractivity contribution is -0.0160. The first kappa shape index (κ1) is 21.7. The van der Waals surface area contributed by atoms with Crippen LogP contribution in [0.4, 0.5) is 0 Å². The average Bonchev–Trinajstić information content (AvgIpc) is 3.14. The van der Waals surface area contributed by atoms with Crippen LogP contribution in [-0.2, 0) is 15.8 Å². The lowest BCUT2D eigenvalue weighted by Crippen LogP contribution is -2.45. The standard InChI is InChI=1S/C20H32ClN3O3Si/c1-8-14-15(27-28(6,7)20(3,4)5)9-16(26-14)24-10-13(11-25)17-18(21)22-12(2)23-19(17)24/h10,14-16,25H,8-9,11H2,1-7H3/t14-,15?,16-/m1/s1. The van der Waals surface area contributed by atoms with Crippen LogP contribution in [-0.4, -0.2) is 40.2 Å². The number of aromatic nitrogens is 3. The highest BCUT2D eigenvalue weighted by atomic mass is 35.5. The van der Waals surface area contributed by atoms with Crippen LogP contribution >= 0.6 is 11.6 Å². The first-order chi connectivity index (χ1) is 13.0. The molecule has 2 aromatic rings. The Bertz CT molecular complexity index is 862. The van der Waals surface area contributed by atoms with E-state index in [-0.39, 0.29) is 30.1 Å². The number of rotatable bonds is 5. The number of hydrogen-bond donors (Lipinski definition) is 1. The molecule has 1 N–H and O–H groups in total. The molecule has 0 spiro atoms. The van der Waals surface area contributed by atoms with E-state index in [9.17, 15) is 5.11 Å². The van der Waals surface area contributed by atoms with Crippen molar-refractivity contribution in [2.45, 2.75) is 90.6 Å². The molecule has 0 amide bonds. The molecule has 2 aromatic heterocycles. The molecule has 1 aliphatic heterocycles. The highest BCUT2D eigenvalue weighted by Gasteiger charge is 2.44. The molecule has 0 aromatic carbocycles. The lowest BCUT2D eigenvalue weighted by Gasteiger charge is -2.39. The van der Waals surface area contributed by atoms with E-state index < -0.39 is 8.32 Å². The van der Waals surface area contributed by atoms with Gasteiger partial charge in [0.1, 0.15) is 22.9 Å². The molecule has 6 nitrogen and oxygen atoms in total. The summed E-state index contributed by atoms with van der Waals surface area (Å²) in [6, 6.07) is 0. The van der Waals surface area contributed by atoms with E-state index in [0.29, 0.717) is 27.6 Å². The fourth-order valence-electron chi connectivity index (χ4n) is 3.53. The van der Waals surface area contributed by atoms with Crippen LogP contribution in [0, 0.1) is 6.92 Å². The maximum absolute atomic E-state index is 9.79. The van der Waals surface area contributed by atoms with Crippen LogP contribution in [0.5, 0.6) is 0 Å². The summed E-state index contributed by atoms with van der Waals surface area (Å²) in [6.45, 7) is 15.1. The van der Waals surface area contributed by atoms with Crippen molar-refractivity contribution in [3.63, 3.8) is 0 Å². The smallest absolute Gasteiger partial charge is 0.192 e. The average molecular weight is 426 g/mol. The van der Waals surface area contributed by atoms with Gasteiger partial charge in [0.25, 0.3) is 0 Å². The molecule has 3 atom stereocenters. The highest BCUT2D eigenvalue weighted by molar-refractivity contribution is 6.74. The van der Waals surface area contributed by atoms with E-state index >= 15 is 0 Å². The van der Waals surface area contributed by atoms with Crippen LogP contribution in [0.15, 0.2) is 6.20 Å². The quantitative estimate of drug-likeness (QED) is 0.540. The number of aryl methyl sites for hydroxylation is 1. The minimum Gasteiger partial charge on any atom is -0.411 e. The summed E-state index contributed by atoms with van der Waals surface area (Å²) in [4.78, 5) is 8.83. The predicted octanol–water partition coefficient (Wildman–Crippen LogP) is 4.97. The summed E-state index contributed by atoms with van der Waals surface area (Å²) in [5, 5.41) is 11.0. The number of hydrogen-bond acceptors (Lipinski definition) is 5. The molecule has 28 heavy (non-hydrogen) atoms. The Morgan fingerprint density at radius 1 is 1.36 bits per heavy atom. The van der Waals surface area contributed by atoms with Gasteiger partial charge in [0, 0.05) is 18.2 Å². The van der Waals surface area contributed by atoms with Gasteiger partial charge in [-0.1, -0.05) is 39.3 Å². The third kappa shape index (κ3) is 3.87. The van der Waals surface area contributed by atoms with Crippen LogP contribution in [0.1, 0.15) is 58.2 Å². The van der Waals surface area contributed by atoms with E-state index in [1.165, 1.54) is 0 Å². The van der Waals surface area contributed by atoms with Gasteiger partial charge in [-0.3, -0.25) is 0 Å². The fraction of sp³-hybridized carbons (Fsp3) is 0.700. The topological polar surface area (TPSA) is 69.4 Å². The highest BCUT2D eigenvalue weighted by Crippen LogP contribution is 2.42. The van der Waals surface area contributed by atoms with Gasteiger partial charge in [-0.05, 0) is 31.5 Å². The molecule has 8 heteroatoms. The van der Waals surface area contributed by atoms with Crippen molar-refractivity contribution >= 4 is 31.0 Å². The zero-order valence-electron chi connectivity index (χ0n) is 17.9. The Balaban J connectivity index is 1.96. The Morgan fingerprint density at radius 2 is 2.04 bits per heavy atom. The van der Waals surface area contributed by atoms with Crippen molar-refractivity contribution in [2.75, 3.05) is 0 Å². The van der Waals surface area contributed by atoms with Crippen molar-refractivity contribution in [3.8, 4) is 0 Å². The normalized spacial score (nSPS) is 23.7. The summed E-state index contributed by atoms with van der Waals surface area (Å²) in [7, 11) is -1.91. The largest absolute Gasteiger partial charge is 0.411 e. The number of aliphatic hydroxyl groups excluding tert-OH is 1. The monoisotopic (exact) mass is 425 g/mol. The maximum Gasteiger partial charge on any atom is 0.192 e. The van der Waals surface area contributed by atoms with Gasteiger partial charge < -0.3 is 18.8 Å². The number of aliphatic hydroxyl groups is 1. The summed E-state index contributed by atoms with van der Waals surface area (Å²) in [5.41, 5.74) is 1.42. The minimum atomic E-state index is -1.91. The van der Waals surface area contributed by atoms with Gasteiger partial charge in [0.2, 0.25) is 0 Å². The van der Waals surface area contributed by atoms with E-state index in [0.717, 1.165) is 12.8 Å². The summed E-state index contributed by atoms with van der Waals surface area (Å²) >= 11 is 6.35. The van der Waals surface area contributed by atoms with Crippen LogP contribution in [0.2, 0.25) is 23.3 Å². The molecule has 1 unspecified atom stereocenters. The van der Waals surface area contributed by atoms with Gasteiger partial charge in [0.05, 0.1) is 24.2 Å². The SMILES string of the molecule is CC[C@H]1O[C@@H](n2cc(CO)c3c(Cl)nc(C)nc32)CC1O[Si](C)(C)C(C)(C)C. The molecule has 0 saturated carbocycles. The summed E-state index contributed by atoms with van der Waals surface area (Å²) in [5.74, 6) is 0.598. The first-order valence-corrected chi connectivity index (χ1v) is 13.2. The minimum absolute atomic E-state index is 0.0348. The molecule has 0 radical (unpaired) electrons. The molecule has 1 fully saturated rings. The third-order valence-electron chi connectivity index (χ3n) is 6.13. The van der Waals surface area contributed by atoms with Crippen LogP contribution in [0.3, 0.4) is 0 Å². The zero-order valence-corrected chi connectivity index (χ0v) is 19.7. The molecule has 1 aliphatic rings. The Hall–Kier alpha value is -0.993. The number of nitrogens with zero attached hydrogens (tertiary/aromatic N) is 3. The molecule has 3 rings (SSSR count). The van der Waals surface area contributed by atoms with Crippen molar-refractivity contribution in [2.24, 2.45) is 0 Å². The second kappa shape index (κ2) is 7.68. The zero-order chi connectivity index (χ0) is 20.9. The number of fused-ring (bicyclic) bond motifs is 1. The Morgan fingerprint density at radius 3 is 2.61 bits per heavy atom. The second-order valence-corrected chi connectivity index (χ2v) is 14.3. The number of halogens is 1. The summed E-state index contributed by atoms with van der Waals surface area (Å²) in [6.07, 6.45) is 3.40. The first-order valence-electron chi connectivity index (χ1n) is 9.96. The Labute approximate surface area is 173 Å². The van der Waals surface area contributed by atoms with Gasteiger partial charge >= 0.3 is 0 Å². The van der Waals surface area contributed by atoms with Crippen molar-refractivity contribution < 1.29 is 14.3 Å². The van der Waals surface area contributed by atoms with Gasteiger partial charge in [-0.2, -0.15) is 0 Å². The van der Waals surface area contributed by atoms with Crippen LogP contribution < -0.4 is 0 Å². The molecule has 156 valence electrons. The predicted molar refractivity (Wildman–Crippen MR) is 114 cm³/mol. The molecule has 3 heterocycles. The number of ether oxygens (including phenoxy) is 1. The second-order valence-electron chi connectivity index (χ2n) is 9.17. The molecule has 0 bridgehead atoms. The van der Waals surface area contributed by atoms with E-state index in [2.05, 4.69) is 50.8 Å². The maximum atomic E-state index is 9.79. The fourth-order valence-corrected chi connectivity index (χ4v) is 5.22. The van der Waals surface area contributed by atoms with Gasteiger partial charge in [-0.25, -0.2) is 9.97 Å². The Kier molecular flexibility index (Phi) is 5.96. The summed E-state index contributed by atoms with van der Waals surface area (Å²) < 4.78 is 15.1. The van der Waals surface area contributed by atoms with Gasteiger partial charge in [0.15, 0.2) is 8.32 Å².